The highest BCUT2D eigenvalue weighted by Gasteiger charge is 2.17. The van der Waals surface area contributed by atoms with Crippen LogP contribution in [0.4, 0.5) is 5.69 Å². The van der Waals surface area contributed by atoms with Gasteiger partial charge in [0.2, 0.25) is 0 Å². The summed E-state index contributed by atoms with van der Waals surface area (Å²) in [5, 5.41) is 0.406. The minimum atomic E-state index is -3.88. The van der Waals surface area contributed by atoms with Crippen LogP contribution in [-0.4, -0.2) is 14.3 Å². The smallest absolute Gasteiger partial charge is 0.274 e. The molecular weight excluding hydrogens is 400 g/mol. The Hall–Kier alpha value is -2.87. The largest absolute Gasteiger partial charge is 0.280 e. The molecule has 0 saturated heterocycles. The molecule has 0 aliphatic heterocycles. The molecule has 0 aliphatic carbocycles. The molecule has 0 bridgehead atoms. The number of hydrogen-bond donors (Lipinski definition) is 2. The zero-order valence-electron chi connectivity index (χ0n) is 14.6. The first-order chi connectivity index (χ1) is 13.4. The molecule has 28 heavy (non-hydrogen) atoms. The minimum absolute atomic E-state index is 0.0526. The maximum atomic E-state index is 12.6. The molecule has 1 amide bonds. The van der Waals surface area contributed by atoms with Crippen LogP contribution in [0.15, 0.2) is 83.8 Å². The number of amides is 1. The first-order valence-corrected chi connectivity index (χ1v) is 10.1. The fourth-order valence-electron chi connectivity index (χ4n) is 2.39. The van der Waals surface area contributed by atoms with Crippen molar-refractivity contribution >= 4 is 33.2 Å². The van der Waals surface area contributed by atoms with E-state index in [9.17, 15) is 13.2 Å². The zero-order valence-corrected chi connectivity index (χ0v) is 16.2. The lowest BCUT2D eigenvalue weighted by Gasteiger charge is -2.10. The average Bonchev–Trinajstić information content (AvgIpc) is 2.68. The van der Waals surface area contributed by atoms with Crippen LogP contribution in [0, 0.1) is 0 Å². The third-order valence-electron chi connectivity index (χ3n) is 3.73. The van der Waals surface area contributed by atoms with Gasteiger partial charge in [0.1, 0.15) is 0 Å². The predicted octanol–water partition coefficient (Wildman–Crippen LogP) is 4.00. The predicted molar refractivity (Wildman–Crippen MR) is 107 cm³/mol. The molecule has 0 radical (unpaired) electrons. The Morgan fingerprint density at radius 3 is 2.43 bits per heavy atom. The van der Waals surface area contributed by atoms with Gasteiger partial charge in [-0.2, -0.15) is 0 Å². The van der Waals surface area contributed by atoms with Gasteiger partial charge in [-0.25, -0.2) is 13.9 Å². The summed E-state index contributed by atoms with van der Waals surface area (Å²) in [5.74, 6) is -0.546. The number of benzene rings is 3. The molecule has 2 N–H and O–H groups in total. The number of carbonyl (C=O) groups excluding carboxylic acids is 1. The molecule has 3 aromatic carbocycles. The Morgan fingerprint density at radius 1 is 0.929 bits per heavy atom. The highest BCUT2D eigenvalue weighted by Crippen LogP contribution is 2.20. The van der Waals surface area contributed by atoms with Crippen molar-refractivity contribution < 1.29 is 18.0 Å². The molecule has 6 nitrogen and oxygen atoms in total. The molecular formula is C20H17ClN2O4S. The molecule has 0 atom stereocenters. The van der Waals surface area contributed by atoms with Crippen molar-refractivity contribution in [1.82, 2.24) is 5.48 Å². The van der Waals surface area contributed by atoms with Crippen molar-refractivity contribution in [2.45, 2.75) is 11.5 Å². The van der Waals surface area contributed by atoms with Crippen LogP contribution >= 0.6 is 11.6 Å². The van der Waals surface area contributed by atoms with Gasteiger partial charge in [0, 0.05) is 10.6 Å². The highest BCUT2D eigenvalue weighted by molar-refractivity contribution is 7.92. The summed E-state index contributed by atoms with van der Waals surface area (Å²) in [7, 11) is -3.88. The van der Waals surface area contributed by atoms with Gasteiger partial charge in [0.05, 0.1) is 17.2 Å². The summed E-state index contributed by atoms with van der Waals surface area (Å²) < 4.78 is 27.6. The molecule has 8 heteroatoms. The monoisotopic (exact) mass is 416 g/mol. The van der Waals surface area contributed by atoms with Crippen LogP contribution in [0.5, 0.6) is 0 Å². The van der Waals surface area contributed by atoms with E-state index in [1.165, 1.54) is 30.3 Å². The van der Waals surface area contributed by atoms with Crippen LogP contribution in [0.3, 0.4) is 0 Å². The lowest BCUT2D eigenvalue weighted by molar-refractivity contribution is 0.0233. The van der Waals surface area contributed by atoms with Crippen molar-refractivity contribution in [2.24, 2.45) is 0 Å². The molecule has 0 aromatic heterocycles. The van der Waals surface area contributed by atoms with Crippen LogP contribution in [-0.2, 0) is 21.5 Å². The Labute approximate surface area is 168 Å². The third kappa shape index (κ3) is 5.32. The standard InChI is InChI=1S/C20H17ClN2O4S/c21-17-9-5-10-18(13-17)23-28(25,26)19-11-4-8-16(12-19)20(24)22-27-14-15-6-2-1-3-7-15/h1-13,23H,14H2,(H,22,24). The number of rotatable bonds is 7. The van der Waals surface area contributed by atoms with Crippen molar-refractivity contribution in [3.8, 4) is 0 Å². The summed E-state index contributed by atoms with van der Waals surface area (Å²) in [6.07, 6.45) is 0. The average molecular weight is 417 g/mol. The van der Waals surface area contributed by atoms with Crippen LogP contribution < -0.4 is 10.2 Å². The van der Waals surface area contributed by atoms with Gasteiger partial charge < -0.3 is 0 Å². The van der Waals surface area contributed by atoms with E-state index in [1.54, 1.807) is 18.2 Å². The quantitative estimate of drug-likeness (QED) is 0.570. The van der Waals surface area contributed by atoms with E-state index in [-0.39, 0.29) is 17.1 Å². The lowest BCUT2D eigenvalue weighted by Crippen LogP contribution is -2.24. The fourth-order valence-corrected chi connectivity index (χ4v) is 3.67. The van der Waals surface area contributed by atoms with Crippen molar-refractivity contribution in [3.05, 3.63) is 95.0 Å². The van der Waals surface area contributed by atoms with Crippen molar-refractivity contribution in [3.63, 3.8) is 0 Å². The number of hydrogen-bond acceptors (Lipinski definition) is 4. The van der Waals surface area contributed by atoms with Crippen LogP contribution in [0.25, 0.3) is 0 Å². The van der Waals surface area contributed by atoms with Crippen molar-refractivity contribution in [1.29, 1.82) is 0 Å². The van der Waals surface area contributed by atoms with E-state index in [2.05, 4.69) is 10.2 Å². The summed E-state index contributed by atoms with van der Waals surface area (Å²) in [4.78, 5) is 17.4. The summed E-state index contributed by atoms with van der Waals surface area (Å²) in [6, 6.07) is 21.3. The highest BCUT2D eigenvalue weighted by atomic mass is 35.5. The third-order valence-corrected chi connectivity index (χ3v) is 5.34. The molecule has 3 aromatic rings. The second-order valence-electron chi connectivity index (χ2n) is 5.85. The number of nitrogens with one attached hydrogen (secondary N) is 2. The Bertz CT molecular complexity index is 1070. The molecule has 0 heterocycles. The molecule has 0 aliphatic rings. The van der Waals surface area contributed by atoms with Crippen molar-refractivity contribution in [2.75, 3.05) is 4.72 Å². The summed E-state index contributed by atoms with van der Waals surface area (Å²) in [6.45, 7) is 0.195. The van der Waals surface area contributed by atoms with Crippen LogP contribution in [0.1, 0.15) is 15.9 Å². The van der Waals surface area contributed by atoms with E-state index >= 15 is 0 Å². The molecule has 0 unspecified atom stereocenters. The van der Waals surface area contributed by atoms with Crippen LogP contribution in [0.2, 0.25) is 5.02 Å². The summed E-state index contributed by atoms with van der Waals surface area (Å²) in [5.41, 5.74) is 3.69. The second kappa shape index (κ2) is 8.88. The van der Waals surface area contributed by atoms with Gasteiger partial charge in [-0.1, -0.05) is 54.1 Å². The summed E-state index contributed by atoms with van der Waals surface area (Å²) >= 11 is 5.88. The number of carbonyl (C=O) groups is 1. The van der Waals surface area contributed by atoms with E-state index in [0.29, 0.717) is 10.7 Å². The number of halogens is 1. The van der Waals surface area contributed by atoms with Gasteiger partial charge in [-0.15, -0.1) is 0 Å². The maximum Gasteiger partial charge on any atom is 0.274 e. The molecule has 0 fully saturated rings. The Kier molecular flexibility index (Phi) is 6.30. The fraction of sp³-hybridized carbons (Fsp3) is 0.0500. The van der Waals surface area contributed by atoms with E-state index < -0.39 is 15.9 Å². The topological polar surface area (TPSA) is 84.5 Å². The second-order valence-corrected chi connectivity index (χ2v) is 7.97. The zero-order chi connectivity index (χ0) is 20.0. The molecule has 0 saturated carbocycles. The van der Waals surface area contributed by atoms with Gasteiger partial charge in [0.25, 0.3) is 15.9 Å². The van der Waals surface area contributed by atoms with Gasteiger partial charge in [-0.3, -0.25) is 14.4 Å². The molecule has 3 rings (SSSR count). The van der Waals surface area contributed by atoms with E-state index in [4.69, 9.17) is 16.4 Å². The number of sulfonamides is 1. The normalized spacial score (nSPS) is 11.0. The lowest BCUT2D eigenvalue weighted by atomic mass is 10.2. The van der Waals surface area contributed by atoms with E-state index in [0.717, 1.165) is 5.56 Å². The van der Waals surface area contributed by atoms with Gasteiger partial charge in [0.15, 0.2) is 0 Å². The molecule has 0 spiro atoms. The number of anilines is 1. The number of hydroxylamine groups is 1. The first-order valence-electron chi connectivity index (χ1n) is 8.28. The first kappa shape index (κ1) is 19.9. The Balaban J connectivity index is 1.67. The molecule has 144 valence electrons. The maximum absolute atomic E-state index is 12.6. The van der Waals surface area contributed by atoms with Gasteiger partial charge in [-0.05, 0) is 42.0 Å². The van der Waals surface area contributed by atoms with Gasteiger partial charge >= 0.3 is 0 Å². The van der Waals surface area contributed by atoms with E-state index in [1.807, 2.05) is 30.3 Å². The Morgan fingerprint density at radius 2 is 1.68 bits per heavy atom. The SMILES string of the molecule is O=C(NOCc1ccccc1)c1cccc(S(=O)(=O)Nc2cccc(Cl)c2)c1. The minimum Gasteiger partial charge on any atom is -0.280 e.